The van der Waals surface area contributed by atoms with Crippen LogP contribution in [0.3, 0.4) is 0 Å². The first kappa shape index (κ1) is 13.0. The summed E-state index contributed by atoms with van der Waals surface area (Å²) in [5.74, 6) is -0.916. The third-order valence-electron chi connectivity index (χ3n) is 2.39. The van der Waals surface area contributed by atoms with Gasteiger partial charge in [-0.05, 0) is 18.6 Å². The lowest BCUT2D eigenvalue weighted by atomic mass is 10.2. The predicted molar refractivity (Wildman–Crippen MR) is 65.1 cm³/mol. The number of urea groups is 1. The van der Waals surface area contributed by atoms with Gasteiger partial charge in [-0.25, -0.2) is 4.79 Å². The standard InChI is InChI=1S/C12H16N2O3/c1-9-5-3-4-6-10(9)13-12(17)14(2)8-7-11(15)16/h3-6H,7-8H2,1-2H3,(H,13,17)(H,15,16). The van der Waals surface area contributed by atoms with Crippen molar-refractivity contribution in [3.8, 4) is 0 Å². The van der Waals surface area contributed by atoms with Crippen LogP contribution in [0.1, 0.15) is 12.0 Å². The van der Waals surface area contributed by atoms with Crippen LogP contribution in [-0.2, 0) is 4.79 Å². The Kier molecular flexibility index (Phi) is 4.51. The van der Waals surface area contributed by atoms with E-state index in [-0.39, 0.29) is 19.0 Å². The fraction of sp³-hybridized carbons (Fsp3) is 0.333. The summed E-state index contributed by atoms with van der Waals surface area (Å²) in [7, 11) is 1.57. The van der Waals surface area contributed by atoms with E-state index >= 15 is 0 Å². The molecule has 0 aliphatic heterocycles. The number of benzene rings is 1. The lowest BCUT2D eigenvalue weighted by Gasteiger charge is -2.17. The van der Waals surface area contributed by atoms with Gasteiger partial charge in [0.1, 0.15) is 0 Å². The summed E-state index contributed by atoms with van der Waals surface area (Å²) in [6, 6.07) is 7.12. The van der Waals surface area contributed by atoms with Gasteiger partial charge in [-0.1, -0.05) is 18.2 Å². The summed E-state index contributed by atoms with van der Waals surface area (Å²) >= 11 is 0. The van der Waals surface area contributed by atoms with Gasteiger partial charge in [-0.15, -0.1) is 0 Å². The zero-order valence-corrected chi connectivity index (χ0v) is 9.93. The van der Waals surface area contributed by atoms with Crippen LogP contribution in [0.4, 0.5) is 10.5 Å². The van der Waals surface area contributed by atoms with Crippen LogP contribution in [-0.4, -0.2) is 35.6 Å². The van der Waals surface area contributed by atoms with Gasteiger partial charge in [-0.3, -0.25) is 4.79 Å². The van der Waals surface area contributed by atoms with E-state index in [2.05, 4.69) is 5.32 Å². The van der Waals surface area contributed by atoms with Crippen LogP contribution < -0.4 is 5.32 Å². The monoisotopic (exact) mass is 236 g/mol. The Morgan fingerprint density at radius 3 is 2.59 bits per heavy atom. The first-order valence-electron chi connectivity index (χ1n) is 5.30. The number of para-hydroxylation sites is 1. The molecule has 0 bridgehead atoms. The summed E-state index contributed by atoms with van der Waals surface area (Å²) in [4.78, 5) is 23.4. The molecule has 1 aromatic carbocycles. The molecule has 0 unspecified atom stereocenters. The van der Waals surface area contributed by atoms with Crippen LogP contribution in [0.25, 0.3) is 0 Å². The first-order chi connectivity index (χ1) is 8.00. The lowest BCUT2D eigenvalue weighted by molar-refractivity contribution is -0.137. The van der Waals surface area contributed by atoms with E-state index in [1.165, 1.54) is 4.90 Å². The van der Waals surface area contributed by atoms with Crippen molar-refractivity contribution in [3.05, 3.63) is 29.8 Å². The summed E-state index contributed by atoms with van der Waals surface area (Å²) in [6.45, 7) is 2.08. The van der Waals surface area contributed by atoms with Gasteiger partial charge in [0.25, 0.3) is 0 Å². The van der Waals surface area contributed by atoms with E-state index in [1.807, 2.05) is 25.1 Å². The van der Waals surface area contributed by atoms with Crippen molar-refractivity contribution in [1.29, 1.82) is 0 Å². The molecule has 0 saturated carbocycles. The third-order valence-corrected chi connectivity index (χ3v) is 2.39. The molecule has 0 atom stereocenters. The molecular weight excluding hydrogens is 220 g/mol. The summed E-state index contributed by atoms with van der Waals surface area (Å²) in [6.07, 6.45) is -0.0578. The number of nitrogens with zero attached hydrogens (tertiary/aromatic N) is 1. The van der Waals surface area contributed by atoms with Crippen molar-refractivity contribution in [2.45, 2.75) is 13.3 Å². The number of aliphatic carboxylic acids is 1. The summed E-state index contributed by atoms with van der Waals surface area (Å²) < 4.78 is 0. The number of nitrogens with one attached hydrogen (secondary N) is 1. The maximum Gasteiger partial charge on any atom is 0.321 e. The Bertz CT molecular complexity index is 418. The second kappa shape index (κ2) is 5.89. The number of anilines is 1. The number of carbonyl (C=O) groups is 2. The van der Waals surface area contributed by atoms with Crippen molar-refractivity contribution in [3.63, 3.8) is 0 Å². The van der Waals surface area contributed by atoms with Crippen molar-refractivity contribution in [1.82, 2.24) is 4.90 Å². The normalized spacial score (nSPS) is 9.76. The van der Waals surface area contributed by atoms with Crippen LogP contribution in [0, 0.1) is 6.92 Å². The maximum absolute atomic E-state index is 11.7. The minimum atomic E-state index is -0.916. The SMILES string of the molecule is Cc1ccccc1NC(=O)N(C)CCC(=O)O. The van der Waals surface area contributed by atoms with E-state index in [1.54, 1.807) is 13.1 Å². The number of carbonyl (C=O) groups excluding carboxylic acids is 1. The lowest BCUT2D eigenvalue weighted by Crippen LogP contribution is -2.33. The van der Waals surface area contributed by atoms with E-state index in [4.69, 9.17) is 5.11 Å². The van der Waals surface area contributed by atoms with E-state index < -0.39 is 5.97 Å². The number of hydrogen-bond acceptors (Lipinski definition) is 2. The second-order valence-corrected chi connectivity index (χ2v) is 3.81. The largest absolute Gasteiger partial charge is 0.481 e. The van der Waals surface area contributed by atoms with Crippen LogP contribution in [0.2, 0.25) is 0 Å². The fourth-order valence-electron chi connectivity index (χ4n) is 1.29. The number of rotatable bonds is 4. The Labute approximate surface area is 100 Å². The molecule has 0 saturated heterocycles. The Balaban J connectivity index is 2.54. The van der Waals surface area contributed by atoms with Gasteiger partial charge in [-0.2, -0.15) is 0 Å². The van der Waals surface area contributed by atoms with E-state index in [0.29, 0.717) is 0 Å². The smallest absolute Gasteiger partial charge is 0.321 e. The Morgan fingerprint density at radius 2 is 2.00 bits per heavy atom. The molecule has 17 heavy (non-hydrogen) atoms. The second-order valence-electron chi connectivity index (χ2n) is 3.81. The molecule has 0 aromatic heterocycles. The molecule has 0 aliphatic rings. The number of carboxylic acids is 1. The summed E-state index contributed by atoms with van der Waals surface area (Å²) in [5, 5.41) is 11.2. The zero-order chi connectivity index (χ0) is 12.8. The van der Waals surface area contributed by atoms with Crippen LogP contribution in [0.5, 0.6) is 0 Å². The molecule has 1 aromatic rings. The van der Waals surface area contributed by atoms with E-state index in [0.717, 1.165) is 11.3 Å². The number of aryl methyl sites for hydroxylation is 1. The molecule has 0 spiro atoms. The molecule has 0 aliphatic carbocycles. The molecule has 5 nitrogen and oxygen atoms in total. The number of carboxylic acid groups (broad SMARTS) is 1. The van der Waals surface area contributed by atoms with Crippen molar-refractivity contribution >= 4 is 17.7 Å². The molecular formula is C12H16N2O3. The predicted octanol–water partition coefficient (Wildman–Crippen LogP) is 1.93. The molecule has 92 valence electrons. The number of hydrogen-bond donors (Lipinski definition) is 2. The van der Waals surface area contributed by atoms with Gasteiger partial charge in [0.2, 0.25) is 0 Å². The zero-order valence-electron chi connectivity index (χ0n) is 9.93. The van der Waals surface area contributed by atoms with Gasteiger partial charge in [0.05, 0.1) is 6.42 Å². The van der Waals surface area contributed by atoms with Gasteiger partial charge < -0.3 is 15.3 Å². The third kappa shape index (κ3) is 4.14. The van der Waals surface area contributed by atoms with Gasteiger partial charge >= 0.3 is 12.0 Å². The molecule has 2 amide bonds. The summed E-state index contributed by atoms with van der Waals surface area (Å²) in [5.41, 5.74) is 1.70. The Morgan fingerprint density at radius 1 is 1.35 bits per heavy atom. The van der Waals surface area contributed by atoms with Crippen molar-refractivity contribution in [2.24, 2.45) is 0 Å². The molecule has 2 N–H and O–H groups in total. The van der Waals surface area contributed by atoms with Crippen molar-refractivity contribution in [2.75, 3.05) is 18.9 Å². The quantitative estimate of drug-likeness (QED) is 0.839. The van der Waals surface area contributed by atoms with E-state index in [9.17, 15) is 9.59 Å². The topological polar surface area (TPSA) is 69.6 Å². The molecule has 0 radical (unpaired) electrons. The molecule has 0 fully saturated rings. The van der Waals surface area contributed by atoms with Crippen LogP contribution in [0.15, 0.2) is 24.3 Å². The highest BCUT2D eigenvalue weighted by atomic mass is 16.4. The first-order valence-corrected chi connectivity index (χ1v) is 5.30. The average Bonchev–Trinajstić information content (AvgIpc) is 2.28. The van der Waals surface area contributed by atoms with Crippen LogP contribution >= 0.6 is 0 Å². The maximum atomic E-state index is 11.7. The molecule has 1 rings (SSSR count). The highest BCUT2D eigenvalue weighted by Gasteiger charge is 2.10. The number of amides is 2. The molecule has 0 heterocycles. The minimum absolute atomic E-state index is 0.0578. The molecule has 5 heteroatoms. The minimum Gasteiger partial charge on any atom is -0.481 e. The van der Waals surface area contributed by atoms with Gasteiger partial charge in [0.15, 0.2) is 0 Å². The Hall–Kier alpha value is -2.04. The average molecular weight is 236 g/mol. The highest BCUT2D eigenvalue weighted by molar-refractivity contribution is 5.90. The highest BCUT2D eigenvalue weighted by Crippen LogP contribution is 2.13. The fourth-order valence-corrected chi connectivity index (χ4v) is 1.29. The van der Waals surface area contributed by atoms with Gasteiger partial charge in [0, 0.05) is 19.3 Å². The van der Waals surface area contributed by atoms with Crippen molar-refractivity contribution < 1.29 is 14.7 Å².